The number of rotatable bonds is 8. The van der Waals surface area contributed by atoms with Gasteiger partial charge in [-0.05, 0) is 24.6 Å². The van der Waals surface area contributed by atoms with E-state index < -0.39 is 10.0 Å². The third-order valence-electron chi connectivity index (χ3n) is 3.91. The van der Waals surface area contributed by atoms with E-state index in [9.17, 15) is 8.42 Å². The van der Waals surface area contributed by atoms with Crippen LogP contribution in [0.1, 0.15) is 12.5 Å². The van der Waals surface area contributed by atoms with Crippen LogP contribution in [-0.2, 0) is 16.6 Å². The molecule has 2 N–H and O–H groups in total. The van der Waals surface area contributed by atoms with Crippen molar-refractivity contribution < 1.29 is 13.2 Å². The largest absolute Gasteiger partial charge is 0.497 e. The highest BCUT2D eigenvalue weighted by atomic mass is 127. The first kappa shape index (κ1) is 24.3. The monoisotopic (exact) mass is 528 g/mol. The van der Waals surface area contributed by atoms with Gasteiger partial charge < -0.3 is 15.4 Å². The highest BCUT2D eigenvalue weighted by Gasteiger charge is 2.23. The van der Waals surface area contributed by atoms with Crippen LogP contribution in [0.15, 0.2) is 29.3 Å². The number of guanidine groups is 1. The second-order valence-corrected chi connectivity index (χ2v) is 9.11. The molecule has 0 radical (unpaired) electrons. The molecule has 1 aliphatic rings. The molecule has 0 amide bonds. The van der Waals surface area contributed by atoms with Crippen molar-refractivity contribution in [3.8, 4) is 5.75 Å². The lowest BCUT2D eigenvalue weighted by atomic mass is 10.2. The summed E-state index contributed by atoms with van der Waals surface area (Å²) in [6.07, 6.45) is 0. The van der Waals surface area contributed by atoms with Gasteiger partial charge in [0.1, 0.15) is 5.75 Å². The van der Waals surface area contributed by atoms with Crippen LogP contribution in [0.3, 0.4) is 0 Å². The van der Waals surface area contributed by atoms with Crippen molar-refractivity contribution in [2.24, 2.45) is 4.99 Å². The van der Waals surface area contributed by atoms with Gasteiger partial charge in [0.15, 0.2) is 5.96 Å². The van der Waals surface area contributed by atoms with E-state index in [4.69, 9.17) is 4.74 Å². The van der Waals surface area contributed by atoms with E-state index in [1.807, 2.05) is 31.2 Å². The van der Waals surface area contributed by atoms with Gasteiger partial charge in [0, 0.05) is 37.7 Å². The van der Waals surface area contributed by atoms with E-state index in [0.717, 1.165) is 22.8 Å². The first-order valence-electron chi connectivity index (χ1n) is 8.76. The SMILES string of the molecule is CCNC(=NCc1cccc(OC)c1)NCCS(=O)(=O)N1CCSCC1.I. The molecular formula is C17H29IN4O3S2. The second-order valence-electron chi connectivity index (χ2n) is 5.80. The van der Waals surface area contributed by atoms with Crippen LogP contribution in [0, 0.1) is 0 Å². The van der Waals surface area contributed by atoms with Gasteiger partial charge >= 0.3 is 0 Å². The van der Waals surface area contributed by atoms with Gasteiger partial charge in [-0.15, -0.1) is 24.0 Å². The minimum atomic E-state index is -3.21. The molecule has 1 saturated heterocycles. The topological polar surface area (TPSA) is 83.0 Å². The van der Waals surface area contributed by atoms with Crippen molar-refractivity contribution in [3.05, 3.63) is 29.8 Å². The summed E-state index contributed by atoms with van der Waals surface area (Å²) in [4.78, 5) is 4.52. The van der Waals surface area contributed by atoms with E-state index in [1.165, 1.54) is 0 Å². The van der Waals surface area contributed by atoms with E-state index in [-0.39, 0.29) is 29.7 Å². The molecule has 1 fully saturated rings. The maximum absolute atomic E-state index is 12.4. The Hall–Kier alpha value is -0.720. The van der Waals surface area contributed by atoms with Crippen LogP contribution in [0.25, 0.3) is 0 Å². The third kappa shape index (κ3) is 8.44. The average molecular weight is 528 g/mol. The molecule has 0 aliphatic carbocycles. The Morgan fingerprint density at radius 3 is 2.70 bits per heavy atom. The van der Waals surface area contributed by atoms with Gasteiger partial charge in [0.05, 0.1) is 19.4 Å². The Morgan fingerprint density at radius 2 is 2.04 bits per heavy atom. The summed E-state index contributed by atoms with van der Waals surface area (Å²) < 4.78 is 31.6. The van der Waals surface area contributed by atoms with Crippen LogP contribution in [0.4, 0.5) is 0 Å². The van der Waals surface area contributed by atoms with Crippen LogP contribution in [-0.4, -0.2) is 69.2 Å². The Kier molecular flexibility index (Phi) is 11.4. The molecule has 1 heterocycles. The number of sulfonamides is 1. The zero-order chi connectivity index (χ0) is 18.8. The first-order chi connectivity index (χ1) is 12.5. The standard InChI is InChI=1S/C17H28N4O3S2.HI/c1-3-18-17(20-14-15-5-4-6-16(13-15)24-2)19-7-12-26(22,23)21-8-10-25-11-9-21;/h4-6,13H,3,7-12,14H2,1-2H3,(H2,18,19,20);1H. The summed E-state index contributed by atoms with van der Waals surface area (Å²) in [6.45, 7) is 4.72. The lowest BCUT2D eigenvalue weighted by molar-refractivity contribution is 0.414. The molecule has 10 heteroatoms. The maximum Gasteiger partial charge on any atom is 0.215 e. The quantitative estimate of drug-likeness (QED) is 0.304. The number of hydrogen-bond acceptors (Lipinski definition) is 5. The molecule has 0 unspecified atom stereocenters. The number of hydrogen-bond donors (Lipinski definition) is 2. The van der Waals surface area contributed by atoms with Gasteiger partial charge in [0.2, 0.25) is 10.0 Å². The highest BCUT2D eigenvalue weighted by Crippen LogP contribution is 2.14. The molecule has 27 heavy (non-hydrogen) atoms. The van der Waals surface area contributed by atoms with Crippen LogP contribution in [0.2, 0.25) is 0 Å². The molecule has 0 atom stereocenters. The van der Waals surface area contributed by atoms with Crippen LogP contribution >= 0.6 is 35.7 Å². The lowest BCUT2D eigenvalue weighted by Gasteiger charge is -2.25. The number of ether oxygens (including phenoxy) is 1. The smallest absolute Gasteiger partial charge is 0.215 e. The number of thioether (sulfide) groups is 1. The molecule has 2 rings (SSSR count). The molecular weight excluding hydrogens is 499 g/mol. The summed E-state index contributed by atoms with van der Waals surface area (Å²) in [5, 5.41) is 6.25. The van der Waals surface area contributed by atoms with E-state index in [1.54, 1.807) is 23.2 Å². The summed E-state index contributed by atoms with van der Waals surface area (Å²) in [6, 6.07) is 7.73. The van der Waals surface area contributed by atoms with Crippen molar-refractivity contribution in [1.82, 2.24) is 14.9 Å². The minimum Gasteiger partial charge on any atom is -0.497 e. The Morgan fingerprint density at radius 1 is 1.30 bits per heavy atom. The summed E-state index contributed by atoms with van der Waals surface area (Å²) >= 11 is 1.80. The van der Waals surface area contributed by atoms with Crippen LogP contribution in [0.5, 0.6) is 5.75 Å². The molecule has 0 spiro atoms. The minimum absolute atomic E-state index is 0. The van der Waals surface area contributed by atoms with Crippen molar-refractivity contribution in [1.29, 1.82) is 0 Å². The molecule has 1 aromatic carbocycles. The zero-order valence-electron chi connectivity index (χ0n) is 15.8. The molecule has 0 bridgehead atoms. The van der Waals surface area contributed by atoms with E-state index in [0.29, 0.717) is 38.7 Å². The van der Waals surface area contributed by atoms with E-state index in [2.05, 4.69) is 15.6 Å². The summed E-state index contributed by atoms with van der Waals surface area (Å²) in [7, 11) is -1.58. The highest BCUT2D eigenvalue weighted by molar-refractivity contribution is 14.0. The molecule has 1 aromatic rings. The van der Waals surface area contributed by atoms with Gasteiger partial charge in [-0.2, -0.15) is 11.8 Å². The Bertz CT molecular complexity index is 695. The average Bonchev–Trinajstić information content (AvgIpc) is 2.67. The Balaban J connectivity index is 0.00000364. The molecule has 7 nitrogen and oxygen atoms in total. The van der Waals surface area contributed by atoms with Gasteiger partial charge in [-0.25, -0.2) is 17.7 Å². The van der Waals surface area contributed by atoms with Crippen molar-refractivity contribution in [2.45, 2.75) is 13.5 Å². The molecule has 1 aliphatic heterocycles. The van der Waals surface area contributed by atoms with Crippen molar-refractivity contribution >= 4 is 51.7 Å². The molecule has 0 aromatic heterocycles. The third-order valence-corrected chi connectivity index (χ3v) is 6.73. The molecule has 154 valence electrons. The van der Waals surface area contributed by atoms with Crippen molar-refractivity contribution in [2.75, 3.05) is 50.5 Å². The van der Waals surface area contributed by atoms with Gasteiger partial charge in [-0.1, -0.05) is 12.1 Å². The number of nitrogens with one attached hydrogen (secondary N) is 2. The van der Waals surface area contributed by atoms with E-state index >= 15 is 0 Å². The fourth-order valence-corrected chi connectivity index (χ4v) is 5.03. The van der Waals surface area contributed by atoms with Crippen molar-refractivity contribution in [3.63, 3.8) is 0 Å². The normalized spacial score (nSPS) is 15.7. The number of aliphatic imine (C=N–C) groups is 1. The second kappa shape index (κ2) is 12.7. The summed E-state index contributed by atoms with van der Waals surface area (Å²) in [5.41, 5.74) is 1.03. The fraction of sp³-hybridized carbons (Fsp3) is 0.588. The number of nitrogens with zero attached hydrogens (tertiary/aromatic N) is 2. The molecule has 0 saturated carbocycles. The van der Waals surface area contributed by atoms with Gasteiger partial charge in [0.25, 0.3) is 0 Å². The fourth-order valence-electron chi connectivity index (χ4n) is 2.54. The number of methoxy groups -OCH3 is 1. The Labute approximate surface area is 183 Å². The van der Waals surface area contributed by atoms with Gasteiger partial charge in [-0.3, -0.25) is 0 Å². The number of benzene rings is 1. The predicted octanol–water partition coefficient (Wildman–Crippen LogP) is 1.75. The number of halogens is 1. The first-order valence-corrected chi connectivity index (χ1v) is 11.5. The summed E-state index contributed by atoms with van der Waals surface area (Å²) in [5.74, 6) is 3.22. The maximum atomic E-state index is 12.4. The lowest BCUT2D eigenvalue weighted by Crippen LogP contribution is -2.44. The predicted molar refractivity (Wildman–Crippen MR) is 124 cm³/mol. The zero-order valence-corrected chi connectivity index (χ0v) is 19.8. The van der Waals surface area contributed by atoms with Crippen LogP contribution < -0.4 is 15.4 Å².